The molecule has 0 radical (unpaired) electrons. The van der Waals surface area contributed by atoms with Crippen molar-refractivity contribution in [2.45, 2.75) is 13.8 Å². The van der Waals surface area contributed by atoms with Crippen molar-refractivity contribution in [3.63, 3.8) is 0 Å². The highest BCUT2D eigenvalue weighted by atomic mass is 16.5. The van der Waals surface area contributed by atoms with Gasteiger partial charge in [-0.2, -0.15) is 10.2 Å². The van der Waals surface area contributed by atoms with Crippen molar-refractivity contribution in [1.29, 1.82) is 0 Å². The first-order valence-corrected chi connectivity index (χ1v) is 10.5. The number of methoxy groups -OCH3 is 2. The number of hydrogen-bond acceptors (Lipinski definition) is 6. The Labute approximate surface area is 187 Å². The van der Waals surface area contributed by atoms with Crippen molar-refractivity contribution in [3.8, 4) is 33.8 Å². The number of ether oxygens (including phenoxy) is 2. The first-order chi connectivity index (χ1) is 15.6. The predicted octanol–water partition coefficient (Wildman–Crippen LogP) is 4.62. The Morgan fingerprint density at radius 2 is 1.03 bits per heavy atom. The lowest BCUT2D eigenvalue weighted by molar-refractivity contribution is 0.415. The molecule has 0 spiro atoms. The first-order valence-electron chi connectivity index (χ1n) is 10.5. The minimum Gasteiger partial charge on any atom is -0.497 e. The average molecular weight is 433 g/mol. The molecule has 166 valence electrons. The molecule has 8 nitrogen and oxygen atoms in total. The molecular weight excluding hydrogens is 404 g/mol. The molecule has 4 rings (SSSR count). The molecule has 0 fully saturated rings. The quantitative estimate of drug-likeness (QED) is 0.288. The largest absolute Gasteiger partial charge is 0.497 e. The minimum absolute atomic E-state index is 0.682. The summed E-state index contributed by atoms with van der Waals surface area (Å²) >= 11 is 0. The Balaban J connectivity index is 1.41. The molecule has 4 aromatic rings. The molecule has 2 aromatic carbocycles. The van der Waals surface area contributed by atoms with Gasteiger partial charge in [-0.15, -0.1) is 0 Å². The van der Waals surface area contributed by atoms with Crippen LogP contribution in [0.3, 0.4) is 0 Å². The molecule has 0 bridgehead atoms. The monoisotopic (exact) mass is 432 g/mol. The Kier molecular flexibility index (Phi) is 6.30. The van der Waals surface area contributed by atoms with Crippen LogP contribution in [0.15, 0.2) is 48.5 Å². The Morgan fingerprint density at radius 3 is 1.38 bits per heavy atom. The first kappa shape index (κ1) is 21.3. The highest BCUT2D eigenvalue weighted by Crippen LogP contribution is 2.32. The van der Waals surface area contributed by atoms with E-state index in [0.29, 0.717) is 13.1 Å². The van der Waals surface area contributed by atoms with Gasteiger partial charge in [-0.05, 0) is 49.2 Å². The van der Waals surface area contributed by atoms with Gasteiger partial charge in [0.05, 0.1) is 14.2 Å². The molecule has 0 saturated heterocycles. The van der Waals surface area contributed by atoms with Gasteiger partial charge >= 0.3 is 0 Å². The van der Waals surface area contributed by atoms with Gasteiger partial charge in [0.1, 0.15) is 11.5 Å². The fraction of sp³-hybridized carbons (Fsp3) is 0.250. The maximum Gasteiger partial charge on any atom is 0.156 e. The highest BCUT2D eigenvalue weighted by Gasteiger charge is 2.14. The van der Waals surface area contributed by atoms with Crippen molar-refractivity contribution in [1.82, 2.24) is 20.4 Å². The molecule has 0 unspecified atom stereocenters. The van der Waals surface area contributed by atoms with Gasteiger partial charge in [-0.1, -0.05) is 24.3 Å². The van der Waals surface area contributed by atoms with E-state index in [1.54, 1.807) is 14.2 Å². The standard InChI is InChI=1S/C24H28N6O2/c1-15-21(17-5-9-19(31-3)10-6-17)23(29-27-15)25-13-14-26-24-22(16(2)28-30-24)18-7-11-20(32-4)12-8-18/h5-12H,13-14H2,1-4H3,(H2,25,27,29)(H2,26,28,30). The van der Waals surface area contributed by atoms with E-state index < -0.39 is 0 Å². The van der Waals surface area contributed by atoms with Crippen molar-refractivity contribution in [3.05, 3.63) is 59.9 Å². The van der Waals surface area contributed by atoms with E-state index in [-0.39, 0.29) is 0 Å². The van der Waals surface area contributed by atoms with Gasteiger partial charge in [0, 0.05) is 35.6 Å². The molecule has 0 aliphatic carbocycles. The van der Waals surface area contributed by atoms with Crippen LogP contribution in [0.5, 0.6) is 11.5 Å². The third kappa shape index (κ3) is 4.39. The zero-order valence-electron chi connectivity index (χ0n) is 18.7. The predicted molar refractivity (Wildman–Crippen MR) is 128 cm³/mol. The number of aryl methyl sites for hydroxylation is 2. The summed E-state index contributed by atoms with van der Waals surface area (Å²) < 4.78 is 10.5. The molecular formula is C24H28N6O2. The van der Waals surface area contributed by atoms with E-state index in [0.717, 1.165) is 56.8 Å². The van der Waals surface area contributed by atoms with Gasteiger partial charge in [-0.3, -0.25) is 10.2 Å². The van der Waals surface area contributed by atoms with Crippen LogP contribution in [0.1, 0.15) is 11.4 Å². The third-order valence-corrected chi connectivity index (χ3v) is 5.36. The van der Waals surface area contributed by atoms with Crippen molar-refractivity contribution < 1.29 is 9.47 Å². The Morgan fingerprint density at radius 1 is 0.656 bits per heavy atom. The summed E-state index contributed by atoms with van der Waals surface area (Å²) in [5.41, 5.74) is 6.30. The van der Waals surface area contributed by atoms with Crippen molar-refractivity contribution in [2.75, 3.05) is 37.9 Å². The molecule has 2 heterocycles. The van der Waals surface area contributed by atoms with E-state index >= 15 is 0 Å². The number of nitrogens with one attached hydrogen (secondary N) is 4. The summed E-state index contributed by atoms with van der Waals surface area (Å²) in [5.74, 6) is 3.30. The van der Waals surface area contributed by atoms with Crippen LogP contribution in [0, 0.1) is 13.8 Å². The van der Waals surface area contributed by atoms with Crippen LogP contribution in [0.25, 0.3) is 22.3 Å². The summed E-state index contributed by atoms with van der Waals surface area (Å²) in [6.07, 6.45) is 0. The number of hydrogen-bond donors (Lipinski definition) is 4. The molecule has 4 N–H and O–H groups in total. The maximum absolute atomic E-state index is 5.26. The number of anilines is 2. The van der Waals surface area contributed by atoms with E-state index in [9.17, 15) is 0 Å². The molecule has 8 heteroatoms. The fourth-order valence-electron chi connectivity index (χ4n) is 3.70. The molecule has 32 heavy (non-hydrogen) atoms. The average Bonchev–Trinajstić information content (AvgIpc) is 3.38. The Hall–Kier alpha value is -3.94. The number of rotatable bonds is 9. The van der Waals surface area contributed by atoms with E-state index in [2.05, 4.69) is 31.0 Å². The van der Waals surface area contributed by atoms with Crippen LogP contribution in [0.4, 0.5) is 11.6 Å². The van der Waals surface area contributed by atoms with Crippen LogP contribution < -0.4 is 20.1 Å². The summed E-state index contributed by atoms with van der Waals surface area (Å²) in [6, 6.07) is 16.0. The SMILES string of the molecule is COc1ccc(-c2c(NCCNc3n[nH]c(C)c3-c3ccc(OC)cc3)n[nH]c2C)cc1. The molecule has 0 atom stereocenters. The highest BCUT2D eigenvalue weighted by molar-refractivity contribution is 5.79. The fourth-order valence-corrected chi connectivity index (χ4v) is 3.70. The summed E-state index contributed by atoms with van der Waals surface area (Å²) in [6.45, 7) is 5.40. The molecule has 0 aliphatic rings. The molecule has 2 aromatic heterocycles. The summed E-state index contributed by atoms with van der Waals surface area (Å²) in [4.78, 5) is 0. The van der Waals surface area contributed by atoms with Crippen LogP contribution in [-0.4, -0.2) is 47.7 Å². The molecule has 0 saturated carbocycles. The molecule has 0 amide bonds. The normalized spacial score (nSPS) is 10.8. The molecule has 0 aliphatic heterocycles. The lowest BCUT2D eigenvalue weighted by atomic mass is 10.1. The van der Waals surface area contributed by atoms with Gasteiger partial charge in [0.2, 0.25) is 0 Å². The zero-order chi connectivity index (χ0) is 22.5. The summed E-state index contributed by atoms with van der Waals surface area (Å²) in [7, 11) is 3.33. The minimum atomic E-state index is 0.682. The van der Waals surface area contributed by atoms with Gasteiger partial charge < -0.3 is 20.1 Å². The lowest BCUT2D eigenvalue weighted by Gasteiger charge is -2.10. The van der Waals surface area contributed by atoms with Crippen molar-refractivity contribution >= 4 is 11.6 Å². The topological polar surface area (TPSA) is 99.9 Å². The van der Waals surface area contributed by atoms with Gasteiger partial charge in [0.15, 0.2) is 11.6 Å². The smallest absolute Gasteiger partial charge is 0.156 e. The second-order valence-electron chi connectivity index (χ2n) is 7.45. The van der Waals surface area contributed by atoms with E-state index in [1.165, 1.54) is 0 Å². The summed E-state index contributed by atoms with van der Waals surface area (Å²) in [5, 5.41) is 21.9. The second kappa shape index (κ2) is 9.47. The maximum atomic E-state index is 5.26. The van der Waals surface area contributed by atoms with Crippen LogP contribution in [0.2, 0.25) is 0 Å². The van der Waals surface area contributed by atoms with Gasteiger partial charge in [0.25, 0.3) is 0 Å². The number of benzene rings is 2. The third-order valence-electron chi connectivity index (χ3n) is 5.36. The van der Waals surface area contributed by atoms with Crippen LogP contribution >= 0.6 is 0 Å². The number of H-pyrrole nitrogens is 2. The van der Waals surface area contributed by atoms with Crippen LogP contribution in [-0.2, 0) is 0 Å². The number of nitrogens with zero attached hydrogens (tertiary/aromatic N) is 2. The van der Waals surface area contributed by atoms with E-state index in [1.807, 2.05) is 62.4 Å². The number of aromatic nitrogens is 4. The second-order valence-corrected chi connectivity index (χ2v) is 7.45. The van der Waals surface area contributed by atoms with E-state index in [4.69, 9.17) is 9.47 Å². The lowest BCUT2D eigenvalue weighted by Crippen LogP contribution is -2.15. The van der Waals surface area contributed by atoms with Gasteiger partial charge in [-0.25, -0.2) is 0 Å². The number of aromatic amines is 2. The van der Waals surface area contributed by atoms with Crippen molar-refractivity contribution in [2.24, 2.45) is 0 Å². The zero-order valence-corrected chi connectivity index (χ0v) is 18.7. The Bertz CT molecular complexity index is 1070.